The topological polar surface area (TPSA) is 24.7 Å². The van der Waals surface area contributed by atoms with E-state index >= 15 is 0 Å². The molecular formula is C11H14N2S2. The molecule has 0 saturated carbocycles. The summed E-state index contributed by atoms with van der Waals surface area (Å²) in [5.74, 6) is 2.71. The van der Waals surface area contributed by atoms with Gasteiger partial charge in [-0.2, -0.15) is 5.10 Å². The van der Waals surface area contributed by atoms with Crippen molar-refractivity contribution < 1.29 is 0 Å². The molecule has 0 N–H and O–H groups in total. The second-order valence-corrected chi connectivity index (χ2v) is 5.81. The molecule has 0 aromatic heterocycles. The quantitative estimate of drug-likeness (QED) is 0.544. The standard InChI is InChI=1S/C11H14N2S2/c1-2-6-10(5-1)9-12-13-11-14-7-3-4-8-15-11/h1-2,5-6,9-10H,3-4,7-8H2. The van der Waals surface area contributed by atoms with E-state index in [0.29, 0.717) is 5.92 Å². The first-order valence-corrected chi connectivity index (χ1v) is 7.14. The molecule has 1 aliphatic heterocycles. The Labute approximate surface area is 99.0 Å². The molecule has 1 fully saturated rings. The van der Waals surface area contributed by atoms with E-state index in [9.17, 15) is 0 Å². The van der Waals surface area contributed by atoms with Crippen LogP contribution in [0.4, 0.5) is 0 Å². The van der Waals surface area contributed by atoms with E-state index in [1.807, 2.05) is 41.9 Å². The Bertz CT molecular complexity index is 297. The van der Waals surface area contributed by atoms with Gasteiger partial charge in [-0.1, -0.05) is 47.8 Å². The SMILES string of the molecule is C1=CC(C=NN=C2SCCCCS2)C=C1. The monoisotopic (exact) mass is 238 g/mol. The van der Waals surface area contributed by atoms with Crippen LogP contribution in [0.15, 0.2) is 34.5 Å². The molecule has 1 saturated heterocycles. The van der Waals surface area contributed by atoms with Gasteiger partial charge in [-0.3, -0.25) is 0 Å². The lowest BCUT2D eigenvalue weighted by molar-refractivity contribution is 0.912. The van der Waals surface area contributed by atoms with Crippen LogP contribution in [0.2, 0.25) is 0 Å². The van der Waals surface area contributed by atoms with E-state index in [4.69, 9.17) is 0 Å². The molecule has 0 aromatic carbocycles. The molecule has 2 nitrogen and oxygen atoms in total. The smallest absolute Gasteiger partial charge is 0.152 e. The first-order valence-electron chi connectivity index (χ1n) is 5.17. The van der Waals surface area contributed by atoms with Gasteiger partial charge >= 0.3 is 0 Å². The molecule has 0 unspecified atom stereocenters. The summed E-state index contributed by atoms with van der Waals surface area (Å²) in [4.78, 5) is 0. The van der Waals surface area contributed by atoms with Crippen molar-refractivity contribution in [3.05, 3.63) is 24.3 Å². The van der Waals surface area contributed by atoms with Crippen molar-refractivity contribution in [1.29, 1.82) is 0 Å². The van der Waals surface area contributed by atoms with Crippen molar-refractivity contribution in [2.75, 3.05) is 11.5 Å². The average Bonchev–Trinajstić information content (AvgIpc) is 2.62. The van der Waals surface area contributed by atoms with E-state index in [1.54, 1.807) is 0 Å². The zero-order chi connectivity index (χ0) is 10.3. The molecule has 80 valence electrons. The van der Waals surface area contributed by atoms with Crippen LogP contribution < -0.4 is 0 Å². The summed E-state index contributed by atoms with van der Waals surface area (Å²) in [6.45, 7) is 0. The average molecular weight is 238 g/mol. The minimum atomic E-state index is 0.343. The number of hydrogen-bond donors (Lipinski definition) is 0. The third kappa shape index (κ3) is 3.87. The van der Waals surface area contributed by atoms with Gasteiger partial charge in [0, 0.05) is 23.6 Å². The van der Waals surface area contributed by atoms with E-state index < -0.39 is 0 Å². The minimum absolute atomic E-state index is 0.343. The second kappa shape index (κ2) is 6.18. The maximum absolute atomic E-state index is 4.25. The summed E-state index contributed by atoms with van der Waals surface area (Å²) in [5.41, 5.74) is 0. The molecule has 4 heteroatoms. The highest BCUT2D eigenvalue weighted by atomic mass is 32.2. The molecule has 2 rings (SSSR count). The maximum Gasteiger partial charge on any atom is 0.152 e. The van der Waals surface area contributed by atoms with E-state index in [1.165, 1.54) is 24.3 Å². The molecule has 1 aliphatic carbocycles. The molecule has 0 bridgehead atoms. The van der Waals surface area contributed by atoms with Gasteiger partial charge in [-0.15, -0.1) is 5.10 Å². The van der Waals surface area contributed by atoms with Gasteiger partial charge in [0.1, 0.15) is 0 Å². The number of nitrogens with zero attached hydrogens (tertiary/aromatic N) is 2. The van der Waals surface area contributed by atoms with Crippen LogP contribution in [0.25, 0.3) is 0 Å². The van der Waals surface area contributed by atoms with Crippen molar-refractivity contribution in [3.8, 4) is 0 Å². The van der Waals surface area contributed by atoms with Crippen LogP contribution >= 0.6 is 23.5 Å². The minimum Gasteiger partial charge on any atom is -0.161 e. The van der Waals surface area contributed by atoms with Crippen molar-refractivity contribution in [2.45, 2.75) is 12.8 Å². The van der Waals surface area contributed by atoms with Crippen LogP contribution in [0.3, 0.4) is 0 Å². The zero-order valence-electron chi connectivity index (χ0n) is 8.50. The molecule has 0 spiro atoms. The molecule has 1 heterocycles. The predicted molar refractivity (Wildman–Crippen MR) is 71.8 cm³/mol. The number of rotatable bonds is 2. The fourth-order valence-electron chi connectivity index (χ4n) is 1.33. The Balaban J connectivity index is 1.85. The fraction of sp³-hybridized carbons (Fsp3) is 0.455. The predicted octanol–water partition coefficient (Wildman–Crippen LogP) is 3.33. The second-order valence-electron chi connectivity index (χ2n) is 3.38. The Morgan fingerprint density at radius 2 is 1.80 bits per heavy atom. The van der Waals surface area contributed by atoms with Crippen molar-refractivity contribution in [1.82, 2.24) is 0 Å². The first kappa shape index (κ1) is 11.0. The normalized spacial score (nSPS) is 22.5. The third-order valence-corrected chi connectivity index (χ3v) is 4.50. The van der Waals surface area contributed by atoms with Gasteiger partial charge < -0.3 is 0 Å². The van der Waals surface area contributed by atoms with Crippen LogP contribution in [0.5, 0.6) is 0 Å². The van der Waals surface area contributed by atoms with Crippen LogP contribution in [-0.4, -0.2) is 22.1 Å². The van der Waals surface area contributed by atoms with Gasteiger partial charge in [0.15, 0.2) is 4.38 Å². The summed E-state index contributed by atoms with van der Waals surface area (Å²) >= 11 is 3.66. The molecule has 15 heavy (non-hydrogen) atoms. The first-order chi connectivity index (χ1) is 7.45. The Morgan fingerprint density at radius 3 is 2.47 bits per heavy atom. The van der Waals surface area contributed by atoms with Crippen molar-refractivity contribution >= 4 is 34.1 Å². The molecule has 0 atom stereocenters. The van der Waals surface area contributed by atoms with Crippen LogP contribution in [0, 0.1) is 5.92 Å². The largest absolute Gasteiger partial charge is 0.161 e. The number of hydrogen-bond acceptors (Lipinski definition) is 4. The fourth-order valence-corrected chi connectivity index (χ4v) is 3.42. The molecular weight excluding hydrogens is 224 g/mol. The number of thioether (sulfide) groups is 2. The van der Waals surface area contributed by atoms with E-state index in [0.717, 1.165) is 4.38 Å². The summed E-state index contributed by atoms with van der Waals surface area (Å²) in [6, 6.07) is 0. The molecule has 0 amide bonds. The third-order valence-electron chi connectivity index (χ3n) is 2.15. The van der Waals surface area contributed by atoms with Gasteiger partial charge in [0.05, 0.1) is 0 Å². The molecule has 2 aliphatic rings. The summed E-state index contributed by atoms with van der Waals surface area (Å²) < 4.78 is 1.12. The molecule has 0 radical (unpaired) electrons. The summed E-state index contributed by atoms with van der Waals surface area (Å²) in [7, 11) is 0. The van der Waals surface area contributed by atoms with E-state index in [-0.39, 0.29) is 0 Å². The zero-order valence-corrected chi connectivity index (χ0v) is 10.1. The molecule has 0 aromatic rings. The van der Waals surface area contributed by atoms with Gasteiger partial charge in [0.25, 0.3) is 0 Å². The Morgan fingerprint density at radius 1 is 1.13 bits per heavy atom. The van der Waals surface area contributed by atoms with Crippen LogP contribution in [-0.2, 0) is 0 Å². The lowest BCUT2D eigenvalue weighted by Gasteiger charge is -1.96. The lowest BCUT2D eigenvalue weighted by Crippen LogP contribution is -1.90. The van der Waals surface area contributed by atoms with Crippen molar-refractivity contribution in [2.24, 2.45) is 16.1 Å². The van der Waals surface area contributed by atoms with Crippen LogP contribution in [0.1, 0.15) is 12.8 Å². The Hall–Kier alpha value is -0.480. The highest BCUT2D eigenvalue weighted by Gasteiger charge is 2.06. The summed E-state index contributed by atoms with van der Waals surface area (Å²) in [6.07, 6.45) is 12.8. The van der Waals surface area contributed by atoms with Gasteiger partial charge in [0.2, 0.25) is 0 Å². The highest BCUT2D eigenvalue weighted by Crippen LogP contribution is 2.24. The van der Waals surface area contributed by atoms with Gasteiger partial charge in [-0.25, -0.2) is 0 Å². The number of allylic oxidation sites excluding steroid dienone is 4. The van der Waals surface area contributed by atoms with Gasteiger partial charge in [-0.05, 0) is 12.8 Å². The Kier molecular flexibility index (Phi) is 4.54. The van der Waals surface area contributed by atoms with Crippen molar-refractivity contribution in [3.63, 3.8) is 0 Å². The highest BCUT2D eigenvalue weighted by molar-refractivity contribution is 8.38. The lowest BCUT2D eigenvalue weighted by atomic mass is 10.2. The summed E-state index contributed by atoms with van der Waals surface area (Å²) in [5, 5.41) is 8.39. The van der Waals surface area contributed by atoms with E-state index in [2.05, 4.69) is 22.4 Å². The maximum atomic E-state index is 4.25.